The van der Waals surface area contributed by atoms with Crippen LogP contribution in [0.1, 0.15) is 5.56 Å². The van der Waals surface area contributed by atoms with Crippen LogP contribution in [0.4, 0.5) is 5.69 Å². The van der Waals surface area contributed by atoms with E-state index in [2.05, 4.69) is 32.3 Å². The molecule has 0 aliphatic rings. The van der Waals surface area contributed by atoms with Crippen molar-refractivity contribution in [2.24, 2.45) is 0 Å². The number of halogens is 2. The van der Waals surface area contributed by atoms with Gasteiger partial charge in [0.05, 0.1) is 11.2 Å². The molecular formula is C16H12BrClN2. The van der Waals surface area contributed by atoms with E-state index in [0.29, 0.717) is 11.6 Å². The molecule has 0 saturated heterocycles. The number of pyridine rings is 1. The van der Waals surface area contributed by atoms with Crippen molar-refractivity contribution in [3.8, 4) is 0 Å². The molecule has 2 aromatic carbocycles. The maximum absolute atomic E-state index is 6.16. The Kier molecular flexibility index (Phi) is 3.90. The number of nitrogens with one attached hydrogen (secondary N) is 1. The molecule has 4 heteroatoms. The lowest BCUT2D eigenvalue weighted by Crippen LogP contribution is -2.01. The monoisotopic (exact) mass is 346 g/mol. The van der Waals surface area contributed by atoms with E-state index in [0.717, 1.165) is 21.1 Å². The second-order valence-corrected chi connectivity index (χ2v) is 5.76. The average molecular weight is 348 g/mol. The summed E-state index contributed by atoms with van der Waals surface area (Å²) in [6, 6.07) is 15.9. The zero-order chi connectivity index (χ0) is 13.9. The average Bonchev–Trinajstić information content (AvgIpc) is 2.46. The Morgan fingerprint density at radius 3 is 2.80 bits per heavy atom. The third-order valence-electron chi connectivity index (χ3n) is 3.10. The van der Waals surface area contributed by atoms with Crippen molar-refractivity contribution in [3.05, 3.63) is 69.8 Å². The minimum atomic E-state index is 0.708. The number of anilines is 1. The minimum absolute atomic E-state index is 0.708. The molecule has 20 heavy (non-hydrogen) atoms. The molecule has 1 heterocycles. The lowest BCUT2D eigenvalue weighted by molar-refractivity contribution is 1.14. The summed E-state index contributed by atoms with van der Waals surface area (Å²) in [7, 11) is 0. The summed E-state index contributed by atoms with van der Waals surface area (Å²) >= 11 is 9.71. The summed E-state index contributed by atoms with van der Waals surface area (Å²) in [4.78, 5) is 4.42. The fourth-order valence-corrected chi connectivity index (χ4v) is 2.77. The topological polar surface area (TPSA) is 24.9 Å². The van der Waals surface area contributed by atoms with Gasteiger partial charge in [0, 0.05) is 27.6 Å². The molecule has 0 fully saturated rings. The van der Waals surface area contributed by atoms with Gasteiger partial charge in [-0.2, -0.15) is 0 Å². The summed E-state index contributed by atoms with van der Waals surface area (Å²) < 4.78 is 1.09. The van der Waals surface area contributed by atoms with Crippen molar-refractivity contribution in [3.63, 3.8) is 0 Å². The van der Waals surface area contributed by atoms with Crippen molar-refractivity contribution in [1.29, 1.82) is 0 Å². The molecule has 0 unspecified atom stereocenters. The largest absolute Gasteiger partial charge is 0.379 e. The van der Waals surface area contributed by atoms with Crippen LogP contribution in [0.3, 0.4) is 0 Å². The van der Waals surface area contributed by atoms with Gasteiger partial charge in [-0.25, -0.2) is 0 Å². The fourth-order valence-electron chi connectivity index (χ4n) is 2.12. The molecule has 0 aliphatic heterocycles. The molecule has 0 aliphatic carbocycles. The Hall–Kier alpha value is -1.58. The first kappa shape index (κ1) is 13.4. The molecule has 3 aromatic rings. The van der Waals surface area contributed by atoms with Gasteiger partial charge in [-0.1, -0.05) is 51.8 Å². The van der Waals surface area contributed by atoms with Gasteiger partial charge in [-0.3, -0.25) is 4.98 Å². The maximum Gasteiger partial charge on any atom is 0.0934 e. The van der Waals surface area contributed by atoms with Gasteiger partial charge in [0.15, 0.2) is 0 Å². The number of aromatic nitrogens is 1. The second-order valence-electron chi connectivity index (χ2n) is 4.47. The van der Waals surface area contributed by atoms with Gasteiger partial charge in [0.25, 0.3) is 0 Å². The molecule has 1 N–H and O–H groups in total. The van der Waals surface area contributed by atoms with Crippen molar-refractivity contribution in [2.45, 2.75) is 6.54 Å². The van der Waals surface area contributed by atoms with E-state index in [1.54, 1.807) is 6.20 Å². The van der Waals surface area contributed by atoms with Crippen molar-refractivity contribution < 1.29 is 0 Å². The van der Waals surface area contributed by atoms with Crippen molar-refractivity contribution >= 4 is 44.1 Å². The molecule has 0 radical (unpaired) electrons. The first-order valence-electron chi connectivity index (χ1n) is 6.25. The van der Waals surface area contributed by atoms with Crippen LogP contribution < -0.4 is 5.32 Å². The maximum atomic E-state index is 6.16. The Labute approximate surface area is 130 Å². The number of fused-ring (bicyclic) bond motifs is 1. The Balaban J connectivity index is 1.93. The van der Waals surface area contributed by atoms with Gasteiger partial charge in [-0.15, -0.1) is 0 Å². The van der Waals surface area contributed by atoms with Crippen LogP contribution in [0.5, 0.6) is 0 Å². The van der Waals surface area contributed by atoms with E-state index in [-0.39, 0.29) is 0 Å². The predicted molar refractivity (Wildman–Crippen MR) is 88.2 cm³/mol. The molecule has 100 valence electrons. The second kappa shape index (κ2) is 5.81. The van der Waals surface area contributed by atoms with E-state index in [9.17, 15) is 0 Å². The molecule has 0 bridgehead atoms. The highest BCUT2D eigenvalue weighted by molar-refractivity contribution is 9.10. The third-order valence-corrected chi connectivity index (χ3v) is 4.09. The highest BCUT2D eigenvalue weighted by atomic mass is 79.9. The van der Waals surface area contributed by atoms with Crippen LogP contribution in [0, 0.1) is 0 Å². The third kappa shape index (κ3) is 2.79. The fraction of sp³-hybridized carbons (Fsp3) is 0.0625. The van der Waals surface area contributed by atoms with E-state index in [1.807, 2.05) is 42.5 Å². The van der Waals surface area contributed by atoms with Crippen LogP contribution in [-0.4, -0.2) is 4.98 Å². The molecule has 0 spiro atoms. The zero-order valence-corrected chi connectivity index (χ0v) is 12.9. The van der Waals surface area contributed by atoms with E-state index in [1.165, 1.54) is 5.56 Å². The summed E-state index contributed by atoms with van der Waals surface area (Å²) in [6.07, 6.45) is 1.79. The smallest absolute Gasteiger partial charge is 0.0934 e. The standard InChI is InChI=1S/C16H12BrClN2/c17-14-6-2-1-4-12(14)10-20-15-9-13(18)8-11-5-3-7-19-16(11)15/h1-9,20H,10H2. The first-order valence-corrected chi connectivity index (χ1v) is 7.43. The summed E-state index contributed by atoms with van der Waals surface area (Å²) in [5.74, 6) is 0. The SMILES string of the molecule is Clc1cc(NCc2ccccc2Br)c2ncccc2c1. The molecular weight excluding hydrogens is 336 g/mol. The highest BCUT2D eigenvalue weighted by Crippen LogP contribution is 2.27. The molecule has 0 saturated carbocycles. The number of nitrogens with zero attached hydrogens (tertiary/aromatic N) is 1. The molecule has 1 aromatic heterocycles. The summed E-state index contributed by atoms with van der Waals surface area (Å²) in [5, 5.41) is 5.15. The quantitative estimate of drug-likeness (QED) is 0.699. The molecule has 3 rings (SSSR count). The Bertz CT molecular complexity index is 758. The lowest BCUT2D eigenvalue weighted by atomic mass is 10.1. The Morgan fingerprint density at radius 2 is 1.95 bits per heavy atom. The van der Waals surface area contributed by atoms with Crippen LogP contribution in [0.25, 0.3) is 10.9 Å². The summed E-state index contributed by atoms with van der Waals surface area (Å²) in [5.41, 5.74) is 3.07. The number of benzene rings is 2. The van der Waals surface area contributed by atoms with E-state index in [4.69, 9.17) is 11.6 Å². The minimum Gasteiger partial charge on any atom is -0.379 e. The van der Waals surface area contributed by atoms with Gasteiger partial charge < -0.3 is 5.32 Å². The van der Waals surface area contributed by atoms with Gasteiger partial charge >= 0.3 is 0 Å². The first-order chi connectivity index (χ1) is 9.74. The number of hydrogen-bond donors (Lipinski definition) is 1. The highest BCUT2D eigenvalue weighted by Gasteiger charge is 2.05. The van der Waals surface area contributed by atoms with Crippen LogP contribution in [-0.2, 0) is 6.54 Å². The van der Waals surface area contributed by atoms with Crippen LogP contribution >= 0.6 is 27.5 Å². The van der Waals surface area contributed by atoms with Crippen molar-refractivity contribution in [1.82, 2.24) is 4.98 Å². The van der Waals surface area contributed by atoms with Crippen molar-refractivity contribution in [2.75, 3.05) is 5.32 Å². The van der Waals surface area contributed by atoms with Crippen LogP contribution in [0.2, 0.25) is 5.02 Å². The Morgan fingerprint density at radius 1 is 1.10 bits per heavy atom. The van der Waals surface area contributed by atoms with Gasteiger partial charge in [0.1, 0.15) is 0 Å². The normalized spacial score (nSPS) is 10.7. The lowest BCUT2D eigenvalue weighted by Gasteiger charge is -2.11. The van der Waals surface area contributed by atoms with Gasteiger partial charge in [-0.05, 0) is 29.8 Å². The summed E-state index contributed by atoms with van der Waals surface area (Å²) in [6.45, 7) is 0.716. The molecule has 0 amide bonds. The van der Waals surface area contributed by atoms with Gasteiger partial charge in [0.2, 0.25) is 0 Å². The number of rotatable bonds is 3. The molecule has 2 nitrogen and oxygen atoms in total. The van der Waals surface area contributed by atoms with Crippen LogP contribution in [0.15, 0.2) is 59.2 Å². The van der Waals surface area contributed by atoms with E-state index >= 15 is 0 Å². The van der Waals surface area contributed by atoms with E-state index < -0.39 is 0 Å². The number of hydrogen-bond acceptors (Lipinski definition) is 2. The zero-order valence-electron chi connectivity index (χ0n) is 10.6. The predicted octanol–water partition coefficient (Wildman–Crippen LogP) is 5.26. The molecule has 0 atom stereocenters.